The van der Waals surface area contributed by atoms with Gasteiger partial charge in [-0.15, -0.1) is 0 Å². The molecule has 1 aliphatic carbocycles. The van der Waals surface area contributed by atoms with Crippen molar-refractivity contribution >= 4 is 17.9 Å². The summed E-state index contributed by atoms with van der Waals surface area (Å²) in [4.78, 5) is 35.8. The molecule has 0 aromatic heterocycles. The smallest absolute Gasteiger partial charge is 0.323 e. The van der Waals surface area contributed by atoms with Gasteiger partial charge in [-0.3, -0.25) is 14.4 Å². The molecule has 0 aliphatic heterocycles. The van der Waals surface area contributed by atoms with Gasteiger partial charge in [0.25, 0.3) is 0 Å². The van der Waals surface area contributed by atoms with E-state index in [9.17, 15) is 14.4 Å². The molecule has 1 fully saturated rings. The van der Waals surface area contributed by atoms with Crippen LogP contribution in [0.15, 0.2) is 12.2 Å². The van der Waals surface area contributed by atoms with Gasteiger partial charge in [0.05, 0.1) is 21.3 Å². The predicted octanol–water partition coefficient (Wildman–Crippen LogP) is 1.48. The molecule has 2 atom stereocenters. The van der Waals surface area contributed by atoms with Crippen LogP contribution in [0.3, 0.4) is 0 Å². The zero-order chi connectivity index (χ0) is 16.2. The van der Waals surface area contributed by atoms with Crippen LogP contribution in [-0.2, 0) is 28.6 Å². The fraction of sp³-hybridized carbons (Fsp3) is 0.667. The van der Waals surface area contributed by atoms with Gasteiger partial charge in [0, 0.05) is 6.42 Å². The quantitative estimate of drug-likeness (QED) is 0.331. The summed E-state index contributed by atoms with van der Waals surface area (Å²) >= 11 is 0. The number of esters is 3. The molecule has 118 valence electrons. The molecule has 0 aromatic carbocycles. The van der Waals surface area contributed by atoms with Crippen LogP contribution in [0.4, 0.5) is 0 Å². The second kappa shape index (κ2) is 6.74. The Morgan fingerprint density at radius 1 is 1.05 bits per heavy atom. The van der Waals surface area contributed by atoms with E-state index in [1.54, 1.807) is 0 Å². The molecule has 2 unspecified atom stereocenters. The number of ether oxygens (including phenoxy) is 3. The Balaban J connectivity index is 3.13. The van der Waals surface area contributed by atoms with Gasteiger partial charge >= 0.3 is 17.9 Å². The Kier molecular flexibility index (Phi) is 5.52. The molecule has 1 rings (SSSR count). The summed E-state index contributed by atoms with van der Waals surface area (Å²) in [5.74, 6) is -1.98. The van der Waals surface area contributed by atoms with Gasteiger partial charge < -0.3 is 14.2 Å². The predicted molar refractivity (Wildman–Crippen MR) is 74.1 cm³/mol. The summed E-state index contributed by atoms with van der Waals surface area (Å²) in [5, 5.41) is 0. The van der Waals surface area contributed by atoms with Crippen molar-refractivity contribution in [2.24, 2.45) is 17.3 Å². The van der Waals surface area contributed by atoms with E-state index < -0.39 is 17.4 Å². The lowest BCUT2D eigenvalue weighted by Crippen LogP contribution is -2.39. The zero-order valence-electron chi connectivity index (χ0n) is 12.9. The van der Waals surface area contributed by atoms with Crippen molar-refractivity contribution in [3.8, 4) is 0 Å². The second-order valence-electron chi connectivity index (χ2n) is 5.47. The Morgan fingerprint density at radius 2 is 1.57 bits per heavy atom. The van der Waals surface area contributed by atoms with Gasteiger partial charge in [0.1, 0.15) is 0 Å². The molecule has 6 heteroatoms. The average molecular weight is 298 g/mol. The van der Waals surface area contributed by atoms with Crippen LogP contribution < -0.4 is 0 Å². The van der Waals surface area contributed by atoms with E-state index in [0.29, 0.717) is 0 Å². The molecule has 0 radical (unpaired) electrons. The van der Waals surface area contributed by atoms with Crippen molar-refractivity contribution < 1.29 is 28.6 Å². The normalized spacial score (nSPS) is 23.2. The maximum absolute atomic E-state index is 12.1. The minimum atomic E-state index is -1.37. The van der Waals surface area contributed by atoms with Crippen molar-refractivity contribution in [3.05, 3.63) is 12.2 Å². The molecule has 0 amide bonds. The lowest BCUT2D eigenvalue weighted by molar-refractivity contribution is -0.169. The fourth-order valence-electron chi connectivity index (χ4n) is 3.11. The molecule has 0 heterocycles. The van der Waals surface area contributed by atoms with Crippen LogP contribution in [0, 0.1) is 17.3 Å². The highest BCUT2D eigenvalue weighted by Crippen LogP contribution is 2.51. The highest BCUT2D eigenvalue weighted by Gasteiger charge is 2.57. The number of carbonyl (C=O) groups is 3. The Bertz CT molecular complexity index is 437. The lowest BCUT2D eigenvalue weighted by atomic mass is 9.84. The van der Waals surface area contributed by atoms with Crippen molar-refractivity contribution in [1.29, 1.82) is 0 Å². The molecule has 0 aromatic rings. The molecule has 0 spiro atoms. The molecule has 0 saturated heterocycles. The SMILES string of the molecule is C=C(C)C1CC(C(=O)OC)(C(=O)OC)CC1CC(=O)OC. The van der Waals surface area contributed by atoms with Crippen LogP contribution in [0.1, 0.15) is 26.2 Å². The fourth-order valence-corrected chi connectivity index (χ4v) is 3.11. The maximum atomic E-state index is 12.1. The number of allylic oxidation sites excluding steroid dienone is 1. The van der Waals surface area contributed by atoms with Crippen molar-refractivity contribution in [2.45, 2.75) is 26.2 Å². The molecule has 6 nitrogen and oxygen atoms in total. The molecule has 1 aliphatic rings. The van der Waals surface area contributed by atoms with Crippen LogP contribution in [0.25, 0.3) is 0 Å². The van der Waals surface area contributed by atoms with E-state index in [0.717, 1.165) is 5.57 Å². The van der Waals surface area contributed by atoms with Gasteiger partial charge in [0.15, 0.2) is 5.41 Å². The van der Waals surface area contributed by atoms with Gasteiger partial charge in [-0.05, 0) is 31.6 Å². The summed E-state index contributed by atoms with van der Waals surface area (Å²) < 4.78 is 14.2. The van der Waals surface area contributed by atoms with E-state index in [2.05, 4.69) is 11.3 Å². The summed E-state index contributed by atoms with van der Waals surface area (Å²) in [6.07, 6.45) is 0.562. The Labute approximate surface area is 124 Å². The molecule has 1 saturated carbocycles. The molecular weight excluding hydrogens is 276 g/mol. The monoisotopic (exact) mass is 298 g/mol. The first kappa shape index (κ1) is 17.2. The Hall–Kier alpha value is -1.85. The minimum Gasteiger partial charge on any atom is -0.469 e. The number of rotatable bonds is 5. The molecule has 0 N–H and O–H groups in total. The first-order valence-electron chi connectivity index (χ1n) is 6.71. The van der Waals surface area contributed by atoms with Crippen LogP contribution >= 0.6 is 0 Å². The summed E-state index contributed by atoms with van der Waals surface area (Å²) in [7, 11) is 3.77. The van der Waals surface area contributed by atoms with E-state index in [-0.39, 0.29) is 37.1 Å². The van der Waals surface area contributed by atoms with Crippen molar-refractivity contribution in [2.75, 3.05) is 21.3 Å². The third-order valence-corrected chi connectivity index (χ3v) is 4.19. The maximum Gasteiger partial charge on any atom is 0.323 e. The first-order chi connectivity index (χ1) is 9.82. The van der Waals surface area contributed by atoms with Gasteiger partial charge in [-0.2, -0.15) is 0 Å². The summed E-state index contributed by atoms with van der Waals surface area (Å²) in [6, 6.07) is 0. The number of carbonyl (C=O) groups excluding carboxylic acids is 3. The van der Waals surface area contributed by atoms with E-state index >= 15 is 0 Å². The van der Waals surface area contributed by atoms with E-state index in [1.165, 1.54) is 21.3 Å². The summed E-state index contributed by atoms with van der Waals surface area (Å²) in [6.45, 7) is 5.72. The van der Waals surface area contributed by atoms with E-state index in [1.807, 2.05) is 6.92 Å². The highest BCUT2D eigenvalue weighted by atomic mass is 16.5. The first-order valence-corrected chi connectivity index (χ1v) is 6.71. The van der Waals surface area contributed by atoms with Crippen LogP contribution in [0.2, 0.25) is 0 Å². The van der Waals surface area contributed by atoms with Gasteiger partial charge in [-0.1, -0.05) is 12.2 Å². The third kappa shape index (κ3) is 3.25. The lowest BCUT2D eigenvalue weighted by Gasteiger charge is -2.23. The average Bonchev–Trinajstić information content (AvgIpc) is 2.86. The highest BCUT2D eigenvalue weighted by molar-refractivity contribution is 6.00. The topological polar surface area (TPSA) is 78.9 Å². The molecular formula is C15H22O6. The Morgan fingerprint density at radius 3 is 1.95 bits per heavy atom. The van der Waals surface area contributed by atoms with Crippen molar-refractivity contribution in [3.63, 3.8) is 0 Å². The molecule has 21 heavy (non-hydrogen) atoms. The van der Waals surface area contributed by atoms with Gasteiger partial charge in [0.2, 0.25) is 0 Å². The number of hydrogen-bond donors (Lipinski definition) is 0. The molecule has 0 bridgehead atoms. The van der Waals surface area contributed by atoms with Crippen LogP contribution in [0.5, 0.6) is 0 Å². The van der Waals surface area contributed by atoms with E-state index in [4.69, 9.17) is 9.47 Å². The standard InChI is InChI=1S/C15H22O6/c1-9(2)11-8-15(13(17)20-4,14(18)21-5)7-10(11)6-12(16)19-3/h10-11H,1,6-8H2,2-5H3. The third-order valence-electron chi connectivity index (χ3n) is 4.19. The summed E-state index contributed by atoms with van der Waals surface area (Å²) in [5.41, 5.74) is -0.551. The van der Waals surface area contributed by atoms with Crippen molar-refractivity contribution in [1.82, 2.24) is 0 Å². The van der Waals surface area contributed by atoms with Crippen LogP contribution in [-0.4, -0.2) is 39.2 Å². The van der Waals surface area contributed by atoms with Gasteiger partial charge in [-0.25, -0.2) is 0 Å². The zero-order valence-corrected chi connectivity index (χ0v) is 12.9. The second-order valence-corrected chi connectivity index (χ2v) is 5.47. The number of hydrogen-bond acceptors (Lipinski definition) is 6. The number of methoxy groups -OCH3 is 3. The largest absolute Gasteiger partial charge is 0.469 e. The minimum absolute atomic E-state index is 0.129.